The summed E-state index contributed by atoms with van der Waals surface area (Å²) >= 11 is 0. The molecule has 0 aromatic rings. The third-order valence-corrected chi connectivity index (χ3v) is 6.22. The normalized spacial score (nSPS) is 25.5. The summed E-state index contributed by atoms with van der Waals surface area (Å²) in [6, 6.07) is 1.92. The van der Waals surface area contributed by atoms with Gasteiger partial charge in [0.1, 0.15) is 8.96 Å². The minimum Gasteiger partial charge on any atom is -0.319 e. The van der Waals surface area contributed by atoms with E-state index in [9.17, 15) is 0 Å². The maximum absolute atomic E-state index is 2.99. The molecule has 0 saturated heterocycles. The van der Waals surface area contributed by atoms with Crippen LogP contribution in [0, 0.1) is 0 Å². The zero-order valence-corrected chi connectivity index (χ0v) is 12.2. The van der Waals surface area contributed by atoms with Crippen molar-refractivity contribution in [2.45, 2.75) is 89.4 Å². The average molecular weight is 238 g/mol. The SMILES string of the molecule is C[Si](C)N(C1CCCCC1)C1CCCCC1. The Morgan fingerprint density at radius 2 is 1.06 bits per heavy atom. The maximum Gasteiger partial charge on any atom is 0.130 e. The first-order valence-corrected chi connectivity index (χ1v) is 9.82. The number of nitrogens with zero attached hydrogens (tertiary/aromatic N) is 1. The Hall–Kier alpha value is 0.177. The molecule has 1 radical (unpaired) electrons. The van der Waals surface area contributed by atoms with Crippen LogP contribution in [0.15, 0.2) is 0 Å². The van der Waals surface area contributed by atoms with Crippen molar-refractivity contribution in [1.82, 2.24) is 4.57 Å². The van der Waals surface area contributed by atoms with Crippen molar-refractivity contribution in [2.75, 3.05) is 0 Å². The second-order valence-electron chi connectivity index (χ2n) is 5.94. The van der Waals surface area contributed by atoms with E-state index in [0.717, 1.165) is 12.1 Å². The molecule has 0 bridgehead atoms. The Bertz CT molecular complexity index is 175. The molecule has 2 heteroatoms. The fourth-order valence-electron chi connectivity index (χ4n) is 3.75. The molecule has 1 nitrogen and oxygen atoms in total. The van der Waals surface area contributed by atoms with Gasteiger partial charge in [0.15, 0.2) is 0 Å². The summed E-state index contributed by atoms with van der Waals surface area (Å²) < 4.78 is 2.99. The van der Waals surface area contributed by atoms with Gasteiger partial charge in [-0.3, -0.25) is 0 Å². The summed E-state index contributed by atoms with van der Waals surface area (Å²) in [5, 5.41) is 0. The van der Waals surface area contributed by atoms with Crippen molar-refractivity contribution < 1.29 is 0 Å². The first kappa shape index (κ1) is 12.6. The molecule has 2 aliphatic carbocycles. The van der Waals surface area contributed by atoms with Crippen molar-refractivity contribution in [3.8, 4) is 0 Å². The molecule has 0 N–H and O–H groups in total. The zero-order valence-electron chi connectivity index (χ0n) is 11.2. The topological polar surface area (TPSA) is 3.24 Å². The van der Waals surface area contributed by atoms with E-state index in [4.69, 9.17) is 0 Å². The molecule has 2 rings (SSSR count). The molecule has 0 spiro atoms. The summed E-state index contributed by atoms with van der Waals surface area (Å²) in [7, 11) is -0.237. The lowest BCUT2D eigenvalue weighted by Crippen LogP contribution is -2.51. The van der Waals surface area contributed by atoms with E-state index < -0.39 is 0 Å². The van der Waals surface area contributed by atoms with Crippen LogP contribution in [0.5, 0.6) is 0 Å². The molecule has 0 amide bonds. The summed E-state index contributed by atoms with van der Waals surface area (Å²) in [6.07, 6.45) is 14.9. The van der Waals surface area contributed by atoms with Gasteiger partial charge in [-0.2, -0.15) is 0 Å². The van der Waals surface area contributed by atoms with Gasteiger partial charge in [-0.1, -0.05) is 51.6 Å². The van der Waals surface area contributed by atoms with Crippen LogP contribution in [0.25, 0.3) is 0 Å². The van der Waals surface area contributed by atoms with E-state index in [-0.39, 0.29) is 8.96 Å². The molecule has 0 aromatic heterocycles. The molecular weight excluding hydrogens is 210 g/mol. The van der Waals surface area contributed by atoms with Gasteiger partial charge in [0.25, 0.3) is 0 Å². The van der Waals surface area contributed by atoms with Gasteiger partial charge >= 0.3 is 0 Å². The van der Waals surface area contributed by atoms with Gasteiger partial charge in [0, 0.05) is 12.1 Å². The summed E-state index contributed by atoms with van der Waals surface area (Å²) in [6.45, 7) is 5.02. The Labute approximate surface area is 103 Å². The molecule has 16 heavy (non-hydrogen) atoms. The lowest BCUT2D eigenvalue weighted by molar-refractivity contribution is 0.166. The Kier molecular flexibility index (Phi) is 4.90. The lowest BCUT2D eigenvalue weighted by Gasteiger charge is -2.44. The van der Waals surface area contributed by atoms with E-state index in [0.29, 0.717) is 0 Å². The summed E-state index contributed by atoms with van der Waals surface area (Å²) in [4.78, 5) is 0. The molecule has 93 valence electrons. The van der Waals surface area contributed by atoms with Crippen molar-refractivity contribution >= 4 is 8.96 Å². The quantitative estimate of drug-likeness (QED) is 0.666. The van der Waals surface area contributed by atoms with E-state index >= 15 is 0 Å². The Morgan fingerprint density at radius 3 is 1.38 bits per heavy atom. The molecular formula is C14H28NSi. The van der Waals surface area contributed by atoms with Crippen LogP contribution in [0.3, 0.4) is 0 Å². The van der Waals surface area contributed by atoms with Crippen molar-refractivity contribution in [3.05, 3.63) is 0 Å². The highest BCUT2D eigenvalue weighted by Gasteiger charge is 2.30. The second-order valence-corrected chi connectivity index (χ2v) is 8.35. The third kappa shape index (κ3) is 3.10. The van der Waals surface area contributed by atoms with Crippen LogP contribution in [-0.4, -0.2) is 25.6 Å². The van der Waals surface area contributed by atoms with Crippen LogP contribution in [0.2, 0.25) is 13.1 Å². The van der Waals surface area contributed by atoms with Gasteiger partial charge in [0.05, 0.1) is 0 Å². The molecule has 0 aliphatic heterocycles. The van der Waals surface area contributed by atoms with Crippen LogP contribution < -0.4 is 0 Å². The maximum atomic E-state index is 2.99. The van der Waals surface area contributed by atoms with E-state index in [2.05, 4.69) is 17.7 Å². The predicted molar refractivity (Wildman–Crippen MR) is 73.1 cm³/mol. The van der Waals surface area contributed by atoms with Crippen LogP contribution in [0.1, 0.15) is 64.2 Å². The van der Waals surface area contributed by atoms with E-state index in [1.807, 2.05) is 0 Å². The molecule has 2 aliphatic rings. The number of hydrogen-bond acceptors (Lipinski definition) is 1. The van der Waals surface area contributed by atoms with Gasteiger partial charge in [0.2, 0.25) is 0 Å². The lowest BCUT2D eigenvalue weighted by atomic mass is 9.91. The fourth-order valence-corrected chi connectivity index (χ4v) is 5.72. The number of rotatable bonds is 3. The van der Waals surface area contributed by atoms with Gasteiger partial charge in [-0.15, -0.1) is 0 Å². The zero-order chi connectivity index (χ0) is 11.4. The average Bonchev–Trinajstić information content (AvgIpc) is 2.31. The number of hydrogen-bond donors (Lipinski definition) is 0. The van der Waals surface area contributed by atoms with Gasteiger partial charge < -0.3 is 4.57 Å². The Morgan fingerprint density at radius 1 is 0.688 bits per heavy atom. The van der Waals surface area contributed by atoms with Gasteiger partial charge in [-0.25, -0.2) is 0 Å². The van der Waals surface area contributed by atoms with Crippen molar-refractivity contribution in [1.29, 1.82) is 0 Å². The van der Waals surface area contributed by atoms with Crippen molar-refractivity contribution in [2.24, 2.45) is 0 Å². The van der Waals surface area contributed by atoms with E-state index in [1.54, 1.807) is 0 Å². The van der Waals surface area contributed by atoms with Crippen molar-refractivity contribution in [3.63, 3.8) is 0 Å². The van der Waals surface area contributed by atoms with Crippen LogP contribution >= 0.6 is 0 Å². The van der Waals surface area contributed by atoms with Crippen LogP contribution in [0.4, 0.5) is 0 Å². The first-order valence-electron chi connectivity index (χ1n) is 7.37. The van der Waals surface area contributed by atoms with E-state index in [1.165, 1.54) is 64.2 Å². The monoisotopic (exact) mass is 238 g/mol. The first-order chi connectivity index (χ1) is 7.79. The standard InChI is InChI=1S/C14H28NSi/c1-16(2)15(13-9-5-3-6-10-13)14-11-7-4-8-12-14/h13-14H,3-12H2,1-2H3. The molecule has 0 unspecified atom stereocenters. The molecule has 2 fully saturated rings. The largest absolute Gasteiger partial charge is 0.319 e. The van der Waals surface area contributed by atoms with Gasteiger partial charge in [-0.05, 0) is 25.7 Å². The minimum atomic E-state index is -0.237. The molecule has 0 aromatic carbocycles. The summed E-state index contributed by atoms with van der Waals surface area (Å²) in [5.74, 6) is 0. The third-order valence-electron chi connectivity index (χ3n) is 4.45. The van der Waals surface area contributed by atoms with Crippen LogP contribution in [-0.2, 0) is 0 Å². The highest BCUT2D eigenvalue weighted by Crippen LogP contribution is 2.30. The molecule has 2 saturated carbocycles. The molecule has 0 heterocycles. The molecule has 0 atom stereocenters. The predicted octanol–water partition coefficient (Wildman–Crippen LogP) is 4.20. The second kappa shape index (κ2) is 6.20. The minimum absolute atomic E-state index is 0.237. The highest BCUT2D eigenvalue weighted by atomic mass is 28.3. The highest BCUT2D eigenvalue weighted by molar-refractivity contribution is 6.52. The Balaban J connectivity index is 1.96. The fraction of sp³-hybridized carbons (Fsp3) is 1.00. The summed E-state index contributed by atoms with van der Waals surface area (Å²) in [5.41, 5.74) is 0. The smallest absolute Gasteiger partial charge is 0.130 e.